The van der Waals surface area contributed by atoms with Crippen LogP contribution < -0.4 is 10.2 Å². The van der Waals surface area contributed by atoms with Gasteiger partial charge in [0.1, 0.15) is 0 Å². The number of hydrogen-bond donors (Lipinski definition) is 1. The van der Waals surface area contributed by atoms with Crippen molar-refractivity contribution in [3.05, 3.63) is 47.2 Å². The smallest absolute Gasteiger partial charge is 0.155 e. The van der Waals surface area contributed by atoms with Crippen molar-refractivity contribution in [2.24, 2.45) is 0 Å². The lowest BCUT2D eigenvalue weighted by atomic mass is 10.1. The fourth-order valence-electron chi connectivity index (χ4n) is 2.44. The van der Waals surface area contributed by atoms with Crippen LogP contribution in [-0.4, -0.2) is 23.3 Å². The lowest BCUT2D eigenvalue weighted by Crippen LogP contribution is -2.17. The number of anilines is 2. The summed E-state index contributed by atoms with van der Waals surface area (Å²) in [6.45, 7) is 5.04. The zero-order valence-corrected chi connectivity index (χ0v) is 12.9. The normalized spacial score (nSPS) is 14.2. The van der Waals surface area contributed by atoms with E-state index in [0.29, 0.717) is 6.04 Å². The van der Waals surface area contributed by atoms with Crippen LogP contribution in [0.1, 0.15) is 29.7 Å². The first kappa shape index (κ1) is 14.0. The second-order valence-corrected chi connectivity index (χ2v) is 5.94. The molecule has 1 aromatic carbocycles. The third-order valence-electron chi connectivity index (χ3n) is 3.79. The van der Waals surface area contributed by atoms with Crippen LogP contribution in [0.4, 0.5) is 11.5 Å². The van der Waals surface area contributed by atoms with Crippen molar-refractivity contribution in [2.45, 2.75) is 39.3 Å². The highest BCUT2D eigenvalue weighted by atomic mass is 15.3. The number of benzene rings is 1. The Bertz CT molecular complexity index is 597. The van der Waals surface area contributed by atoms with Gasteiger partial charge < -0.3 is 10.2 Å². The molecule has 21 heavy (non-hydrogen) atoms. The van der Waals surface area contributed by atoms with Crippen LogP contribution in [-0.2, 0) is 6.54 Å². The summed E-state index contributed by atoms with van der Waals surface area (Å²) < 4.78 is 0. The molecule has 110 valence electrons. The lowest BCUT2D eigenvalue weighted by Gasteiger charge is -2.19. The van der Waals surface area contributed by atoms with E-state index in [4.69, 9.17) is 0 Å². The third kappa shape index (κ3) is 3.58. The fraction of sp³-hybridized carbons (Fsp3) is 0.412. The van der Waals surface area contributed by atoms with Crippen molar-refractivity contribution in [1.82, 2.24) is 15.5 Å². The highest BCUT2D eigenvalue weighted by Crippen LogP contribution is 2.24. The molecular weight excluding hydrogens is 260 g/mol. The lowest BCUT2D eigenvalue weighted by molar-refractivity contribution is 0.665. The molecule has 1 aromatic heterocycles. The summed E-state index contributed by atoms with van der Waals surface area (Å²) in [5, 5.41) is 12.1. The number of nitrogens with one attached hydrogen (secondary N) is 1. The van der Waals surface area contributed by atoms with E-state index in [9.17, 15) is 0 Å². The van der Waals surface area contributed by atoms with Gasteiger partial charge in [-0.15, -0.1) is 5.10 Å². The quantitative estimate of drug-likeness (QED) is 0.915. The van der Waals surface area contributed by atoms with Crippen molar-refractivity contribution in [3.8, 4) is 0 Å². The van der Waals surface area contributed by atoms with Crippen LogP contribution in [0.3, 0.4) is 0 Å². The molecule has 0 bridgehead atoms. The molecule has 3 rings (SSSR count). The van der Waals surface area contributed by atoms with E-state index in [-0.39, 0.29) is 0 Å². The van der Waals surface area contributed by atoms with E-state index in [1.807, 2.05) is 13.1 Å². The van der Waals surface area contributed by atoms with Gasteiger partial charge in [-0.05, 0) is 62.1 Å². The first-order valence-corrected chi connectivity index (χ1v) is 7.50. The number of hydrogen-bond acceptors (Lipinski definition) is 4. The summed E-state index contributed by atoms with van der Waals surface area (Å²) in [6.07, 6.45) is 2.59. The maximum atomic E-state index is 4.35. The molecule has 1 saturated carbocycles. The molecule has 2 aromatic rings. The molecule has 0 saturated heterocycles. The van der Waals surface area contributed by atoms with E-state index in [1.54, 1.807) is 0 Å². The van der Waals surface area contributed by atoms with Crippen molar-refractivity contribution in [2.75, 3.05) is 11.9 Å². The molecule has 0 unspecified atom stereocenters. The van der Waals surface area contributed by atoms with E-state index in [0.717, 1.165) is 23.7 Å². The van der Waals surface area contributed by atoms with Crippen molar-refractivity contribution >= 4 is 11.5 Å². The van der Waals surface area contributed by atoms with E-state index in [2.05, 4.69) is 58.5 Å². The molecular formula is C17H22N4. The minimum absolute atomic E-state index is 0.699. The average Bonchev–Trinajstić information content (AvgIpc) is 3.28. The van der Waals surface area contributed by atoms with Gasteiger partial charge in [-0.2, -0.15) is 5.10 Å². The molecule has 4 nitrogen and oxygen atoms in total. The summed E-state index contributed by atoms with van der Waals surface area (Å²) in [6, 6.07) is 11.3. The summed E-state index contributed by atoms with van der Waals surface area (Å²) in [4.78, 5) is 2.07. The van der Waals surface area contributed by atoms with Crippen LogP contribution in [0.5, 0.6) is 0 Å². The molecule has 1 N–H and O–H groups in total. The fourth-order valence-corrected chi connectivity index (χ4v) is 2.44. The summed E-state index contributed by atoms with van der Waals surface area (Å²) >= 11 is 0. The molecule has 4 heteroatoms. The van der Waals surface area contributed by atoms with Gasteiger partial charge in [0.05, 0.1) is 5.69 Å². The van der Waals surface area contributed by atoms with Gasteiger partial charge in [-0.1, -0.05) is 6.07 Å². The molecule has 1 aliphatic rings. The maximum Gasteiger partial charge on any atom is 0.155 e. The Balaban J connectivity index is 1.72. The first-order chi connectivity index (χ1) is 10.1. The molecule has 0 radical (unpaired) electrons. The summed E-state index contributed by atoms with van der Waals surface area (Å²) in [7, 11) is 2.03. The van der Waals surface area contributed by atoms with Gasteiger partial charge in [-0.3, -0.25) is 0 Å². The molecule has 0 atom stereocenters. The Hall–Kier alpha value is -1.94. The molecule has 1 aliphatic carbocycles. The highest BCUT2D eigenvalue weighted by molar-refractivity contribution is 5.60. The SMILES string of the molecule is Cc1cc(C)cc(N(C)c2ccc(CNC3CC3)nn2)c1. The Labute approximate surface area is 126 Å². The first-order valence-electron chi connectivity index (χ1n) is 7.50. The summed E-state index contributed by atoms with van der Waals surface area (Å²) in [5.41, 5.74) is 4.66. The van der Waals surface area contributed by atoms with Crippen LogP contribution in [0, 0.1) is 13.8 Å². The van der Waals surface area contributed by atoms with Crippen molar-refractivity contribution < 1.29 is 0 Å². The van der Waals surface area contributed by atoms with Crippen LogP contribution in [0.25, 0.3) is 0 Å². The topological polar surface area (TPSA) is 41.0 Å². The third-order valence-corrected chi connectivity index (χ3v) is 3.79. The zero-order chi connectivity index (χ0) is 14.8. The molecule has 0 spiro atoms. The molecule has 0 amide bonds. The van der Waals surface area contributed by atoms with Crippen LogP contribution in [0.2, 0.25) is 0 Å². The zero-order valence-electron chi connectivity index (χ0n) is 12.9. The Morgan fingerprint density at radius 1 is 1.10 bits per heavy atom. The minimum atomic E-state index is 0.699. The minimum Gasteiger partial charge on any atom is -0.328 e. The van der Waals surface area contributed by atoms with E-state index < -0.39 is 0 Å². The molecule has 1 fully saturated rings. The Morgan fingerprint density at radius 3 is 2.38 bits per heavy atom. The second-order valence-electron chi connectivity index (χ2n) is 5.94. The van der Waals surface area contributed by atoms with Crippen LogP contribution >= 0.6 is 0 Å². The van der Waals surface area contributed by atoms with E-state index in [1.165, 1.54) is 24.0 Å². The monoisotopic (exact) mass is 282 g/mol. The largest absolute Gasteiger partial charge is 0.328 e. The van der Waals surface area contributed by atoms with Gasteiger partial charge in [0, 0.05) is 25.3 Å². The van der Waals surface area contributed by atoms with Gasteiger partial charge >= 0.3 is 0 Å². The Kier molecular flexibility index (Phi) is 3.88. The van der Waals surface area contributed by atoms with Gasteiger partial charge in [0.15, 0.2) is 5.82 Å². The standard InChI is InChI=1S/C17H22N4/c1-12-8-13(2)10-16(9-12)21(3)17-7-6-15(19-20-17)11-18-14-4-5-14/h6-10,14,18H,4-5,11H2,1-3H3. The maximum absolute atomic E-state index is 4.35. The van der Waals surface area contributed by atoms with Crippen LogP contribution in [0.15, 0.2) is 30.3 Å². The second kappa shape index (κ2) is 5.82. The van der Waals surface area contributed by atoms with Gasteiger partial charge in [0.25, 0.3) is 0 Å². The van der Waals surface area contributed by atoms with Crippen molar-refractivity contribution in [3.63, 3.8) is 0 Å². The Morgan fingerprint density at radius 2 is 1.81 bits per heavy atom. The van der Waals surface area contributed by atoms with Gasteiger partial charge in [-0.25, -0.2) is 0 Å². The predicted molar refractivity (Wildman–Crippen MR) is 85.9 cm³/mol. The number of aryl methyl sites for hydroxylation is 2. The number of nitrogens with zero attached hydrogens (tertiary/aromatic N) is 3. The predicted octanol–water partition coefficient (Wildman–Crippen LogP) is 3.11. The molecule has 1 heterocycles. The van der Waals surface area contributed by atoms with Gasteiger partial charge in [0.2, 0.25) is 0 Å². The van der Waals surface area contributed by atoms with Crippen molar-refractivity contribution in [1.29, 1.82) is 0 Å². The summed E-state index contributed by atoms with van der Waals surface area (Å²) in [5.74, 6) is 0.871. The molecule has 0 aliphatic heterocycles. The number of aromatic nitrogens is 2. The highest BCUT2D eigenvalue weighted by Gasteiger charge is 2.20. The number of rotatable bonds is 5. The van der Waals surface area contributed by atoms with E-state index >= 15 is 0 Å². The average molecular weight is 282 g/mol.